The summed E-state index contributed by atoms with van der Waals surface area (Å²) in [5, 5.41) is 10.5. The Bertz CT molecular complexity index is 349. The fourth-order valence-electron chi connectivity index (χ4n) is 2.09. The second-order valence-electron chi connectivity index (χ2n) is 4.49. The lowest BCUT2D eigenvalue weighted by Gasteiger charge is -2.28. The number of hydrogen-bond donors (Lipinski definition) is 1. The Morgan fingerprint density at radius 1 is 0.933 bits per heavy atom. The summed E-state index contributed by atoms with van der Waals surface area (Å²) in [6, 6.07) is 4.30. The number of aliphatic hydroxyl groups is 1. The molecule has 1 aromatic rings. The van der Waals surface area contributed by atoms with Gasteiger partial charge in [0.05, 0.1) is 5.60 Å². The van der Waals surface area contributed by atoms with Gasteiger partial charge in [0.1, 0.15) is 0 Å². The van der Waals surface area contributed by atoms with E-state index < -0.39 is 5.60 Å². The topological polar surface area (TPSA) is 20.2 Å². The Morgan fingerprint density at radius 3 is 1.87 bits per heavy atom. The van der Waals surface area contributed by atoms with E-state index in [0.29, 0.717) is 0 Å². The van der Waals surface area contributed by atoms with Crippen molar-refractivity contribution in [3.63, 3.8) is 0 Å². The van der Waals surface area contributed by atoms with Crippen molar-refractivity contribution in [2.24, 2.45) is 0 Å². The average molecular weight is 206 g/mol. The highest BCUT2D eigenvalue weighted by molar-refractivity contribution is 5.39. The molecule has 15 heavy (non-hydrogen) atoms. The van der Waals surface area contributed by atoms with Gasteiger partial charge in [0.15, 0.2) is 0 Å². The molecule has 0 aliphatic carbocycles. The molecule has 1 aromatic carbocycles. The van der Waals surface area contributed by atoms with E-state index in [1.54, 1.807) is 0 Å². The van der Waals surface area contributed by atoms with Crippen molar-refractivity contribution < 1.29 is 5.11 Å². The normalized spacial score (nSPS) is 11.9. The molecule has 0 bridgehead atoms. The van der Waals surface area contributed by atoms with Crippen LogP contribution < -0.4 is 0 Å². The molecule has 84 valence electrons. The van der Waals surface area contributed by atoms with Crippen LogP contribution in [0.5, 0.6) is 0 Å². The Kier molecular flexibility index (Phi) is 3.56. The third kappa shape index (κ3) is 2.23. The van der Waals surface area contributed by atoms with Crippen LogP contribution in [-0.4, -0.2) is 5.11 Å². The maximum Gasteiger partial charge on any atom is 0.0894 e. The second-order valence-corrected chi connectivity index (χ2v) is 4.49. The van der Waals surface area contributed by atoms with E-state index in [1.165, 1.54) is 16.7 Å². The van der Waals surface area contributed by atoms with Gasteiger partial charge in [0.2, 0.25) is 0 Å². The number of hydrogen-bond acceptors (Lipinski definition) is 1. The first-order valence-electron chi connectivity index (χ1n) is 5.75. The van der Waals surface area contributed by atoms with Crippen LogP contribution in [0.15, 0.2) is 12.1 Å². The summed E-state index contributed by atoms with van der Waals surface area (Å²) >= 11 is 0. The van der Waals surface area contributed by atoms with Crippen LogP contribution in [0.25, 0.3) is 0 Å². The minimum atomic E-state index is -0.650. The maximum absolute atomic E-state index is 10.5. The molecule has 0 heterocycles. The van der Waals surface area contributed by atoms with Gasteiger partial charge in [-0.3, -0.25) is 0 Å². The van der Waals surface area contributed by atoms with Crippen molar-refractivity contribution in [3.8, 4) is 0 Å². The van der Waals surface area contributed by atoms with Gasteiger partial charge >= 0.3 is 0 Å². The zero-order valence-electron chi connectivity index (χ0n) is 10.5. The molecule has 0 aliphatic heterocycles. The minimum absolute atomic E-state index is 0.650. The van der Waals surface area contributed by atoms with Crippen LogP contribution >= 0.6 is 0 Å². The summed E-state index contributed by atoms with van der Waals surface area (Å²) in [6.45, 7) is 10.4. The summed E-state index contributed by atoms with van der Waals surface area (Å²) in [7, 11) is 0. The van der Waals surface area contributed by atoms with Crippen molar-refractivity contribution in [1.29, 1.82) is 0 Å². The molecule has 0 radical (unpaired) electrons. The van der Waals surface area contributed by atoms with Crippen LogP contribution in [0.3, 0.4) is 0 Å². The van der Waals surface area contributed by atoms with Gasteiger partial charge < -0.3 is 5.11 Å². The SMILES string of the molecule is CCC(O)(CC)c1cc(C)c(C)cc1C. The lowest BCUT2D eigenvalue weighted by Crippen LogP contribution is -2.24. The predicted octanol–water partition coefficient (Wildman–Crippen LogP) is 3.62. The third-order valence-corrected chi connectivity index (χ3v) is 3.51. The Hall–Kier alpha value is -0.820. The van der Waals surface area contributed by atoms with E-state index in [4.69, 9.17) is 0 Å². The lowest BCUT2D eigenvalue weighted by atomic mass is 9.84. The minimum Gasteiger partial charge on any atom is -0.385 e. The summed E-state index contributed by atoms with van der Waals surface area (Å²) in [5.41, 5.74) is 4.20. The molecule has 1 N–H and O–H groups in total. The molecule has 0 atom stereocenters. The van der Waals surface area contributed by atoms with E-state index in [1.807, 2.05) is 13.8 Å². The molecular formula is C14H22O. The van der Waals surface area contributed by atoms with Gasteiger partial charge in [-0.15, -0.1) is 0 Å². The summed E-state index contributed by atoms with van der Waals surface area (Å²) < 4.78 is 0. The zero-order valence-corrected chi connectivity index (χ0v) is 10.5. The van der Waals surface area contributed by atoms with Crippen LogP contribution in [-0.2, 0) is 5.60 Å². The summed E-state index contributed by atoms with van der Waals surface area (Å²) in [4.78, 5) is 0. The first-order chi connectivity index (χ1) is 6.94. The molecule has 0 unspecified atom stereocenters. The summed E-state index contributed by atoms with van der Waals surface area (Å²) in [5.74, 6) is 0. The quantitative estimate of drug-likeness (QED) is 0.801. The molecule has 0 saturated heterocycles. The van der Waals surface area contributed by atoms with Crippen molar-refractivity contribution in [3.05, 3.63) is 34.4 Å². The smallest absolute Gasteiger partial charge is 0.0894 e. The highest BCUT2D eigenvalue weighted by atomic mass is 16.3. The van der Waals surface area contributed by atoms with Gasteiger partial charge in [-0.1, -0.05) is 26.0 Å². The largest absolute Gasteiger partial charge is 0.385 e. The monoisotopic (exact) mass is 206 g/mol. The van der Waals surface area contributed by atoms with E-state index in [9.17, 15) is 5.11 Å². The highest BCUT2D eigenvalue weighted by Gasteiger charge is 2.26. The van der Waals surface area contributed by atoms with E-state index in [0.717, 1.165) is 18.4 Å². The lowest BCUT2D eigenvalue weighted by molar-refractivity contribution is 0.0277. The first-order valence-corrected chi connectivity index (χ1v) is 5.75. The molecule has 0 fully saturated rings. The maximum atomic E-state index is 10.5. The van der Waals surface area contributed by atoms with Crippen LogP contribution in [0.4, 0.5) is 0 Å². The van der Waals surface area contributed by atoms with Gasteiger partial charge in [0, 0.05) is 0 Å². The van der Waals surface area contributed by atoms with Crippen molar-refractivity contribution >= 4 is 0 Å². The van der Waals surface area contributed by atoms with Gasteiger partial charge in [-0.25, -0.2) is 0 Å². The van der Waals surface area contributed by atoms with E-state index >= 15 is 0 Å². The Balaban J connectivity index is 3.30. The highest BCUT2D eigenvalue weighted by Crippen LogP contribution is 2.32. The average Bonchev–Trinajstić information content (AvgIpc) is 2.22. The summed E-state index contributed by atoms with van der Waals surface area (Å²) in [6.07, 6.45) is 1.54. The fraction of sp³-hybridized carbons (Fsp3) is 0.571. The molecule has 1 rings (SSSR count). The Labute approximate surface area is 93.1 Å². The van der Waals surface area contributed by atoms with Crippen molar-refractivity contribution in [1.82, 2.24) is 0 Å². The molecule has 0 amide bonds. The molecule has 0 spiro atoms. The molecular weight excluding hydrogens is 184 g/mol. The molecule has 1 nitrogen and oxygen atoms in total. The van der Waals surface area contributed by atoms with Crippen LogP contribution in [0, 0.1) is 20.8 Å². The van der Waals surface area contributed by atoms with Gasteiger partial charge in [0.25, 0.3) is 0 Å². The van der Waals surface area contributed by atoms with Crippen LogP contribution in [0.2, 0.25) is 0 Å². The van der Waals surface area contributed by atoms with Crippen LogP contribution in [0.1, 0.15) is 48.9 Å². The molecule has 1 heteroatoms. The van der Waals surface area contributed by atoms with Gasteiger partial charge in [-0.2, -0.15) is 0 Å². The molecule has 0 aliphatic rings. The third-order valence-electron chi connectivity index (χ3n) is 3.51. The number of benzene rings is 1. The first kappa shape index (κ1) is 12.3. The number of rotatable bonds is 3. The zero-order chi connectivity index (χ0) is 11.6. The Morgan fingerprint density at radius 2 is 1.40 bits per heavy atom. The van der Waals surface area contributed by atoms with E-state index in [-0.39, 0.29) is 0 Å². The van der Waals surface area contributed by atoms with Crippen molar-refractivity contribution in [2.75, 3.05) is 0 Å². The second kappa shape index (κ2) is 4.36. The number of aryl methyl sites for hydroxylation is 3. The van der Waals surface area contributed by atoms with Gasteiger partial charge in [-0.05, 0) is 55.9 Å². The standard InChI is InChI=1S/C14H22O/c1-6-14(15,7-2)13-9-11(4)10(3)8-12(13)5/h8-9,15H,6-7H2,1-5H3. The molecule has 0 aromatic heterocycles. The predicted molar refractivity (Wildman–Crippen MR) is 65.1 cm³/mol. The van der Waals surface area contributed by atoms with Crippen molar-refractivity contribution in [2.45, 2.75) is 53.1 Å². The fourth-order valence-corrected chi connectivity index (χ4v) is 2.09. The van der Waals surface area contributed by atoms with E-state index in [2.05, 4.69) is 32.9 Å². The molecule has 0 saturated carbocycles.